The molecule has 0 radical (unpaired) electrons. The summed E-state index contributed by atoms with van der Waals surface area (Å²) in [5.74, 6) is -0.192. The van der Waals surface area contributed by atoms with E-state index in [-0.39, 0.29) is 0 Å². The molecule has 1 N–H and O–H groups in total. The molecule has 0 fully saturated rings. The Bertz CT molecular complexity index is 532. The van der Waals surface area contributed by atoms with Crippen LogP contribution in [0.15, 0.2) is 36.4 Å². The highest BCUT2D eigenvalue weighted by Crippen LogP contribution is 2.28. The van der Waals surface area contributed by atoms with Gasteiger partial charge in [0.05, 0.1) is 12.2 Å². The van der Waals surface area contributed by atoms with Gasteiger partial charge in [-0.15, -0.1) is 0 Å². The number of hydrogen-bond donors (Lipinski definition) is 1. The van der Waals surface area contributed by atoms with Crippen molar-refractivity contribution in [1.82, 2.24) is 0 Å². The number of carbonyl (C=O) groups is 1. The van der Waals surface area contributed by atoms with E-state index in [4.69, 9.17) is 9.84 Å². The summed E-state index contributed by atoms with van der Waals surface area (Å²) in [5.41, 5.74) is 0.305. The topological polar surface area (TPSA) is 46.5 Å². The number of rotatable bonds is 3. The monoisotopic (exact) mass is 216 g/mol. The summed E-state index contributed by atoms with van der Waals surface area (Å²) >= 11 is 0. The number of benzene rings is 2. The van der Waals surface area contributed by atoms with Crippen LogP contribution in [0.1, 0.15) is 17.3 Å². The minimum Gasteiger partial charge on any atom is -0.493 e. The molecule has 0 saturated carbocycles. The molecule has 0 aliphatic carbocycles. The van der Waals surface area contributed by atoms with Crippen LogP contribution in [0.3, 0.4) is 0 Å². The van der Waals surface area contributed by atoms with Gasteiger partial charge in [-0.3, -0.25) is 0 Å². The van der Waals surface area contributed by atoms with Gasteiger partial charge in [-0.25, -0.2) is 4.79 Å². The first-order valence-electron chi connectivity index (χ1n) is 5.12. The van der Waals surface area contributed by atoms with Crippen LogP contribution in [0.2, 0.25) is 0 Å². The summed E-state index contributed by atoms with van der Waals surface area (Å²) in [5, 5.41) is 10.6. The van der Waals surface area contributed by atoms with Crippen molar-refractivity contribution in [3.8, 4) is 5.75 Å². The normalized spacial score (nSPS) is 10.3. The molecule has 0 unspecified atom stereocenters. The Morgan fingerprint density at radius 2 is 1.88 bits per heavy atom. The number of ether oxygens (including phenoxy) is 1. The van der Waals surface area contributed by atoms with Crippen LogP contribution in [0.25, 0.3) is 10.8 Å². The lowest BCUT2D eigenvalue weighted by Crippen LogP contribution is -1.99. The van der Waals surface area contributed by atoms with E-state index in [0.29, 0.717) is 17.6 Å². The highest BCUT2D eigenvalue weighted by Gasteiger charge is 2.10. The smallest absolute Gasteiger partial charge is 0.336 e. The van der Waals surface area contributed by atoms with E-state index in [2.05, 4.69) is 0 Å². The summed E-state index contributed by atoms with van der Waals surface area (Å²) in [6, 6.07) is 10.6. The minimum atomic E-state index is -0.917. The molecule has 0 aromatic heterocycles. The summed E-state index contributed by atoms with van der Waals surface area (Å²) in [4.78, 5) is 11.0. The molecule has 2 rings (SSSR count). The van der Waals surface area contributed by atoms with E-state index in [9.17, 15) is 4.79 Å². The molecule has 0 amide bonds. The Kier molecular flexibility index (Phi) is 2.77. The van der Waals surface area contributed by atoms with Crippen LogP contribution < -0.4 is 4.74 Å². The van der Waals surface area contributed by atoms with Gasteiger partial charge < -0.3 is 9.84 Å². The summed E-state index contributed by atoms with van der Waals surface area (Å²) in [6.07, 6.45) is 0. The second-order valence-corrected chi connectivity index (χ2v) is 3.40. The molecular weight excluding hydrogens is 204 g/mol. The molecule has 3 nitrogen and oxygen atoms in total. The average molecular weight is 216 g/mol. The first-order valence-corrected chi connectivity index (χ1v) is 5.12. The Morgan fingerprint density at radius 1 is 1.19 bits per heavy atom. The van der Waals surface area contributed by atoms with Gasteiger partial charge in [0.15, 0.2) is 0 Å². The quantitative estimate of drug-likeness (QED) is 0.858. The Hall–Kier alpha value is -2.03. The maximum absolute atomic E-state index is 11.0. The fourth-order valence-corrected chi connectivity index (χ4v) is 1.74. The van der Waals surface area contributed by atoms with Crippen molar-refractivity contribution in [1.29, 1.82) is 0 Å². The predicted octanol–water partition coefficient (Wildman–Crippen LogP) is 2.94. The highest BCUT2D eigenvalue weighted by molar-refractivity contribution is 6.05. The largest absolute Gasteiger partial charge is 0.493 e. The molecule has 0 aliphatic heterocycles. The second kappa shape index (κ2) is 4.23. The Labute approximate surface area is 93.3 Å². The number of aromatic carboxylic acids is 1. The maximum Gasteiger partial charge on any atom is 0.336 e. The molecule has 0 heterocycles. The van der Waals surface area contributed by atoms with Gasteiger partial charge in [0, 0.05) is 5.39 Å². The minimum absolute atomic E-state index is 0.305. The number of carboxylic acid groups (broad SMARTS) is 1. The fourth-order valence-electron chi connectivity index (χ4n) is 1.74. The first-order chi connectivity index (χ1) is 7.74. The third kappa shape index (κ3) is 1.72. The zero-order valence-corrected chi connectivity index (χ0v) is 8.93. The van der Waals surface area contributed by atoms with E-state index < -0.39 is 5.97 Å². The van der Waals surface area contributed by atoms with Crippen LogP contribution in [0.5, 0.6) is 5.75 Å². The van der Waals surface area contributed by atoms with Crippen molar-refractivity contribution < 1.29 is 14.6 Å². The molecular formula is C13H12O3. The summed E-state index contributed by atoms with van der Waals surface area (Å²) in [7, 11) is 0. The first kappa shape index (κ1) is 10.5. The lowest BCUT2D eigenvalue weighted by Gasteiger charge is -2.09. The van der Waals surface area contributed by atoms with Crippen LogP contribution in [0.4, 0.5) is 0 Å². The molecule has 0 spiro atoms. The third-order valence-corrected chi connectivity index (χ3v) is 2.41. The second-order valence-electron chi connectivity index (χ2n) is 3.40. The molecule has 3 heteroatoms. The molecule has 16 heavy (non-hydrogen) atoms. The van der Waals surface area contributed by atoms with Gasteiger partial charge >= 0.3 is 5.97 Å². The SMILES string of the molecule is CCOc1ccc(C(=O)O)c2ccccc12. The summed E-state index contributed by atoms with van der Waals surface area (Å²) < 4.78 is 5.46. The lowest BCUT2D eigenvalue weighted by atomic mass is 10.0. The van der Waals surface area contributed by atoms with Crippen molar-refractivity contribution in [2.24, 2.45) is 0 Å². The van der Waals surface area contributed by atoms with E-state index >= 15 is 0 Å². The van der Waals surface area contributed by atoms with Gasteiger partial charge in [-0.1, -0.05) is 24.3 Å². The highest BCUT2D eigenvalue weighted by atomic mass is 16.5. The van der Waals surface area contributed by atoms with Crippen molar-refractivity contribution in [2.45, 2.75) is 6.92 Å². The molecule has 0 saturated heterocycles. The zero-order valence-electron chi connectivity index (χ0n) is 8.93. The predicted molar refractivity (Wildman–Crippen MR) is 62.1 cm³/mol. The fraction of sp³-hybridized carbons (Fsp3) is 0.154. The van der Waals surface area contributed by atoms with Gasteiger partial charge in [-0.2, -0.15) is 0 Å². The molecule has 0 bridgehead atoms. The van der Waals surface area contributed by atoms with E-state index in [1.165, 1.54) is 0 Å². The zero-order chi connectivity index (χ0) is 11.5. The summed E-state index contributed by atoms with van der Waals surface area (Å²) in [6.45, 7) is 2.47. The van der Waals surface area contributed by atoms with Crippen LogP contribution in [0, 0.1) is 0 Å². The standard InChI is InChI=1S/C13H12O3/c1-2-16-12-8-7-11(13(14)15)9-5-3-4-6-10(9)12/h3-8H,2H2,1H3,(H,14,15). The van der Waals surface area contributed by atoms with Gasteiger partial charge in [0.25, 0.3) is 0 Å². The Balaban J connectivity index is 2.71. The van der Waals surface area contributed by atoms with Gasteiger partial charge in [-0.05, 0) is 24.4 Å². The van der Waals surface area contributed by atoms with Gasteiger partial charge in [0.2, 0.25) is 0 Å². The van der Waals surface area contributed by atoms with Crippen molar-refractivity contribution in [2.75, 3.05) is 6.61 Å². The van der Waals surface area contributed by atoms with Crippen LogP contribution >= 0.6 is 0 Å². The van der Waals surface area contributed by atoms with Crippen molar-refractivity contribution in [3.05, 3.63) is 42.0 Å². The molecule has 2 aromatic carbocycles. The molecule has 2 aromatic rings. The number of hydrogen-bond acceptors (Lipinski definition) is 2. The molecule has 0 atom stereocenters. The lowest BCUT2D eigenvalue weighted by molar-refractivity contribution is 0.0699. The number of carboxylic acids is 1. The van der Waals surface area contributed by atoms with Crippen molar-refractivity contribution >= 4 is 16.7 Å². The van der Waals surface area contributed by atoms with Crippen LogP contribution in [-0.2, 0) is 0 Å². The van der Waals surface area contributed by atoms with Gasteiger partial charge in [0.1, 0.15) is 5.75 Å². The van der Waals surface area contributed by atoms with Crippen molar-refractivity contribution in [3.63, 3.8) is 0 Å². The molecule has 82 valence electrons. The van der Waals surface area contributed by atoms with Crippen LogP contribution in [-0.4, -0.2) is 17.7 Å². The van der Waals surface area contributed by atoms with E-state index in [0.717, 1.165) is 11.1 Å². The third-order valence-electron chi connectivity index (χ3n) is 2.41. The number of fused-ring (bicyclic) bond motifs is 1. The van der Waals surface area contributed by atoms with E-state index in [1.54, 1.807) is 18.2 Å². The van der Waals surface area contributed by atoms with E-state index in [1.807, 2.05) is 25.1 Å². The Morgan fingerprint density at radius 3 is 2.50 bits per heavy atom. The maximum atomic E-state index is 11.0. The average Bonchev–Trinajstić information content (AvgIpc) is 2.29. The molecule has 0 aliphatic rings.